The van der Waals surface area contributed by atoms with E-state index in [9.17, 15) is 23.4 Å². The first-order chi connectivity index (χ1) is 13.1. The molecule has 8 nitrogen and oxygen atoms in total. The molecular formula is C19H30N2O6S. The third-order valence-corrected chi connectivity index (χ3v) is 6.08. The van der Waals surface area contributed by atoms with Gasteiger partial charge in [0.25, 0.3) is 0 Å². The molecule has 1 fully saturated rings. The van der Waals surface area contributed by atoms with Crippen LogP contribution in [0, 0.1) is 0 Å². The summed E-state index contributed by atoms with van der Waals surface area (Å²) in [7, 11) is -3.55. The van der Waals surface area contributed by atoms with Crippen LogP contribution < -0.4 is 9.84 Å². The van der Waals surface area contributed by atoms with Crippen LogP contribution in [0.1, 0.15) is 63.0 Å². The van der Waals surface area contributed by atoms with Gasteiger partial charge in [-0.2, -0.15) is 0 Å². The van der Waals surface area contributed by atoms with Crippen LogP contribution in [0.15, 0.2) is 24.3 Å². The molecule has 1 aliphatic rings. The highest BCUT2D eigenvalue weighted by molar-refractivity contribution is 7.92. The molecule has 4 N–H and O–H groups in total. The number of unbranched alkanes of at least 4 members (excludes halogenated alkanes) is 3. The highest BCUT2D eigenvalue weighted by Gasteiger charge is 2.42. The standard InChI is InChI=1S/C19H30N2O6S/c1-28(26,27)21(20-14-5-3-2-4-7-17(22)23)16-10-8-15(9-11-16)18(24)19(25)12-6-13-19/h8-11,18,20,24-25H,2-7,12-14H2,1H3,(H,22,23). The van der Waals surface area contributed by atoms with Crippen molar-refractivity contribution in [2.24, 2.45) is 0 Å². The monoisotopic (exact) mass is 414 g/mol. The summed E-state index contributed by atoms with van der Waals surface area (Å²) < 4.78 is 25.3. The number of nitrogens with one attached hydrogen (secondary N) is 1. The van der Waals surface area contributed by atoms with Gasteiger partial charge in [0, 0.05) is 13.0 Å². The number of hydrogen-bond donors (Lipinski definition) is 4. The van der Waals surface area contributed by atoms with Gasteiger partial charge in [-0.1, -0.05) is 25.0 Å². The zero-order valence-corrected chi connectivity index (χ0v) is 17.0. The van der Waals surface area contributed by atoms with Gasteiger partial charge in [0.2, 0.25) is 10.0 Å². The Morgan fingerprint density at radius 1 is 1.18 bits per heavy atom. The molecule has 1 aromatic rings. The second kappa shape index (κ2) is 9.69. The second-order valence-corrected chi connectivity index (χ2v) is 9.28. The molecule has 1 saturated carbocycles. The summed E-state index contributed by atoms with van der Waals surface area (Å²) in [6.07, 6.45) is 5.18. The minimum Gasteiger partial charge on any atom is -0.481 e. The van der Waals surface area contributed by atoms with Gasteiger partial charge in [0.05, 0.1) is 17.5 Å². The van der Waals surface area contributed by atoms with Gasteiger partial charge >= 0.3 is 5.97 Å². The van der Waals surface area contributed by atoms with Gasteiger partial charge in [0.15, 0.2) is 0 Å². The summed E-state index contributed by atoms with van der Waals surface area (Å²) in [6, 6.07) is 6.45. The Bertz CT molecular complexity index is 746. The largest absolute Gasteiger partial charge is 0.481 e. The van der Waals surface area contributed by atoms with E-state index in [4.69, 9.17) is 5.11 Å². The van der Waals surface area contributed by atoms with Crippen molar-refractivity contribution in [3.05, 3.63) is 29.8 Å². The van der Waals surface area contributed by atoms with E-state index in [0.717, 1.165) is 36.4 Å². The maximum atomic E-state index is 12.1. The topological polar surface area (TPSA) is 127 Å². The van der Waals surface area contributed by atoms with Crippen molar-refractivity contribution in [3.8, 4) is 0 Å². The number of hydrogen-bond acceptors (Lipinski definition) is 6. The second-order valence-electron chi connectivity index (χ2n) is 7.44. The molecule has 0 heterocycles. The molecule has 0 radical (unpaired) electrons. The zero-order chi connectivity index (χ0) is 20.8. The summed E-state index contributed by atoms with van der Waals surface area (Å²) in [5.74, 6) is -0.806. The third kappa shape index (κ3) is 6.16. The lowest BCUT2D eigenvalue weighted by Crippen LogP contribution is -2.43. The number of aliphatic carboxylic acids is 1. The van der Waals surface area contributed by atoms with Gasteiger partial charge in [0.1, 0.15) is 6.10 Å². The molecule has 158 valence electrons. The number of rotatable bonds is 12. The van der Waals surface area contributed by atoms with E-state index in [1.165, 1.54) is 0 Å². The van der Waals surface area contributed by atoms with E-state index in [-0.39, 0.29) is 6.42 Å². The first-order valence-corrected chi connectivity index (χ1v) is 11.4. The van der Waals surface area contributed by atoms with Gasteiger partial charge in [-0.05, 0) is 49.8 Å². The normalized spacial score (nSPS) is 17.0. The number of sulfonamides is 1. The van der Waals surface area contributed by atoms with Crippen molar-refractivity contribution in [2.45, 2.75) is 63.1 Å². The van der Waals surface area contributed by atoms with Crippen LogP contribution in [0.25, 0.3) is 0 Å². The number of benzene rings is 1. The van der Waals surface area contributed by atoms with Gasteiger partial charge < -0.3 is 15.3 Å². The fourth-order valence-electron chi connectivity index (χ4n) is 3.25. The molecule has 0 spiro atoms. The van der Waals surface area contributed by atoms with E-state index in [0.29, 0.717) is 37.1 Å². The maximum Gasteiger partial charge on any atom is 0.303 e. The van der Waals surface area contributed by atoms with E-state index in [1.807, 2.05) is 0 Å². The van der Waals surface area contributed by atoms with Crippen LogP contribution in [-0.2, 0) is 14.8 Å². The first kappa shape index (κ1) is 22.6. The Balaban J connectivity index is 1.91. The van der Waals surface area contributed by atoms with Crippen LogP contribution in [0.4, 0.5) is 5.69 Å². The Labute approximate surface area is 166 Å². The van der Waals surface area contributed by atoms with Crippen LogP contribution in [-0.4, -0.2) is 48.1 Å². The predicted octanol–water partition coefficient (Wildman–Crippen LogP) is 1.94. The summed E-state index contributed by atoms with van der Waals surface area (Å²) in [4.78, 5) is 10.5. The fraction of sp³-hybridized carbons (Fsp3) is 0.632. The van der Waals surface area contributed by atoms with Gasteiger partial charge in [-0.3, -0.25) is 4.79 Å². The highest BCUT2D eigenvalue weighted by atomic mass is 32.2. The van der Waals surface area contributed by atoms with Crippen LogP contribution in [0.2, 0.25) is 0 Å². The highest BCUT2D eigenvalue weighted by Crippen LogP contribution is 2.42. The van der Waals surface area contributed by atoms with Crippen LogP contribution in [0.5, 0.6) is 0 Å². The lowest BCUT2D eigenvalue weighted by atomic mass is 9.74. The third-order valence-electron chi connectivity index (χ3n) is 5.08. The Hall–Kier alpha value is -1.68. The predicted molar refractivity (Wildman–Crippen MR) is 106 cm³/mol. The van der Waals surface area contributed by atoms with Gasteiger partial charge in [-0.15, -0.1) is 0 Å². The number of carboxylic acids is 1. The fourth-order valence-corrected chi connectivity index (χ4v) is 4.08. The SMILES string of the molecule is CS(=O)(=O)N(NCCCCCCC(=O)O)c1ccc(C(O)C2(O)CCC2)cc1. The van der Waals surface area contributed by atoms with E-state index in [2.05, 4.69) is 5.43 Å². The molecule has 1 aliphatic carbocycles. The average molecular weight is 415 g/mol. The minimum absolute atomic E-state index is 0.149. The number of carbonyl (C=O) groups is 1. The lowest BCUT2D eigenvalue weighted by molar-refractivity contribution is -0.137. The number of aliphatic hydroxyl groups excluding tert-OH is 1. The summed E-state index contributed by atoms with van der Waals surface area (Å²) in [5, 5.41) is 29.2. The number of anilines is 1. The summed E-state index contributed by atoms with van der Waals surface area (Å²) >= 11 is 0. The molecule has 2 rings (SSSR count). The Morgan fingerprint density at radius 3 is 2.29 bits per heavy atom. The molecule has 0 saturated heterocycles. The molecular weight excluding hydrogens is 384 g/mol. The molecule has 0 aliphatic heterocycles. The van der Waals surface area contributed by atoms with Crippen molar-refractivity contribution in [3.63, 3.8) is 0 Å². The minimum atomic E-state index is -3.55. The van der Waals surface area contributed by atoms with Crippen molar-refractivity contribution in [1.82, 2.24) is 5.43 Å². The zero-order valence-electron chi connectivity index (χ0n) is 16.2. The lowest BCUT2D eigenvalue weighted by Gasteiger charge is -2.40. The molecule has 1 atom stereocenters. The Kier molecular flexibility index (Phi) is 7.82. The van der Waals surface area contributed by atoms with Crippen molar-refractivity contribution in [1.29, 1.82) is 0 Å². The Morgan fingerprint density at radius 2 is 1.79 bits per heavy atom. The molecule has 0 amide bonds. The van der Waals surface area contributed by atoms with Crippen LogP contribution in [0.3, 0.4) is 0 Å². The van der Waals surface area contributed by atoms with E-state index >= 15 is 0 Å². The number of aliphatic hydroxyl groups is 2. The maximum absolute atomic E-state index is 12.1. The number of carboxylic acid groups (broad SMARTS) is 1. The molecule has 1 unspecified atom stereocenters. The van der Waals surface area contributed by atoms with Crippen LogP contribution >= 0.6 is 0 Å². The van der Waals surface area contributed by atoms with Crippen molar-refractivity contribution < 1.29 is 28.5 Å². The molecule has 28 heavy (non-hydrogen) atoms. The van der Waals surface area contributed by atoms with Crippen molar-refractivity contribution >= 4 is 21.7 Å². The van der Waals surface area contributed by atoms with E-state index < -0.39 is 27.7 Å². The van der Waals surface area contributed by atoms with Crippen molar-refractivity contribution in [2.75, 3.05) is 17.2 Å². The average Bonchev–Trinajstić information content (AvgIpc) is 2.60. The smallest absolute Gasteiger partial charge is 0.303 e. The molecule has 9 heteroatoms. The number of nitrogens with zero attached hydrogens (tertiary/aromatic N) is 1. The van der Waals surface area contributed by atoms with E-state index in [1.54, 1.807) is 24.3 Å². The van der Waals surface area contributed by atoms with Gasteiger partial charge in [-0.25, -0.2) is 18.3 Å². The first-order valence-electron chi connectivity index (χ1n) is 9.59. The number of hydrazine groups is 1. The molecule has 1 aromatic carbocycles. The quantitative estimate of drug-likeness (QED) is 0.304. The molecule has 0 bridgehead atoms. The molecule has 0 aromatic heterocycles. The summed E-state index contributed by atoms with van der Waals surface area (Å²) in [5.41, 5.74) is 2.78. The summed E-state index contributed by atoms with van der Waals surface area (Å²) in [6.45, 7) is 0.435.